The molecule has 6 nitrogen and oxygen atoms in total. The predicted octanol–water partition coefficient (Wildman–Crippen LogP) is 1.10. The third kappa shape index (κ3) is 3.85. The number of sulfonamides is 1. The Balaban J connectivity index is 2.11. The summed E-state index contributed by atoms with van der Waals surface area (Å²) in [6.07, 6.45) is 1.91. The van der Waals surface area contributed by atoms with Crippen molar-refractivity contribution >= 4 is 10.0 Å². The maximum atomic E-state index is 12.6. The molecule has 1 unspecified atom stereocenters. The molecule has 1 aromatic heterocycles. The third-order valence-electron chi connectivity index (χ3n) is 3.87. The summed E-state index contributed by atoms with van der Waals surface area (Å²) in [5.41, 5.74) is 0. The molecule has 0 saturated carbocycles. The fraction of sp³-hybridized carbons (Fsp3) is 0.714. The molecule has 0 aliphatic carbocycles. The molecule has 0 radical (unpaired) electrons. The highest BCUT2D eigenvalue weighted by Gasteiger charge is 2.33. The smallest absolute Gasteiger partial charge is 0.276 e. The van der Waals surface area contributed by atoms with Gasteiger partial charge >= 0.3 is 0 Å². The topological polar surface area (TPSA) is 65.8 Å². The zero-order valence-corrected chi connectivity index (χ0v) is 13.8. The Bertz CT molecular complexity index is 554. The van der Waals surface area contributed by atoms with Crippen molar-refractivity contribution in [3.8, 4) is 0 Å². The maximum absolute atomic E-state index is 12.6. The van der Waals surface area contributed by atoms with E-state index in [2.05, 4.69) is 10.2 Å². The Morgan fingerprint density at radius 1 is 1.43 bits per heavy atom. The van der Waals surface area contributed by atoms with Gasteiger partial charge in [-0.3, -0.25) is 0 Å². The van der Waals surface area contributed by atoms with Gasteiger partial charge in [-0.15, -0.1) is 0 Å². The first-order valence-corrected chi connectivity index (χ1v) is 8.85. The lowest BCUT2D eigenvalue weighted by Crippen LogP contribution is -2.47. The summed E-state index contributed by atoms with van der Waals surface area (Å²) in [4.78, 5) is 2.08. The molecule has 1 aliphatic heterocycles. The molecular weight excluding hydrogens is 290 g/mol. The van der Waals surface area contributed by atoms with Crippen LogP contribution in [0.15, 0.2) is 21.6 Å². The fourth-order valence-corrected chi connectivity index (χ4v) is 3.97. The molecule has 1 saturated heterocycles. The standard InChI is InChI=1S/C14H25N3O3S/c1-4-15-10-13-7-8-14(20-13)21(18,19)17-9-5-6-12(11-17)16(2)3/h7-8,12,15H,4-6,9-11H2,1-3H3. The minimum Gasteiger partial charge on any atom is -0.447 e. The monoisotopic (exact) mass is 315 g/mol. The second-order valence-electron chi connectivity index (χ2n) is 5.62. The third-order valence-corrected chi connectivity index (χ3v) is 5.61. The molecule has 1 aromatic rings. The Hall–Kier alpha value is -0.890. The molecule has 1 aliphatic rings. The highest BCUT2D eigenvalue weighted by molar-refractivity contribution is 7.89. The summed E-state index contributed by atoms with van der Waals surface area (Å²) in [7, 11) is 0.456. The van der Waals surface area contributed by atoms with Gasteiger partial charge < -0.3 is 14.6 Å². The first kappa shape index (κ1) is 16.5. The first-order valence-electron chi connectivity index (χ1n) is 7.41. The van der Waals surface area contributed by atoms with Gasteiger partial charge in [0.25, 0.3) is 10.0 Å². The van der Waals surface area contributed by atoms with Crippen LogP contribution in [0.3, 0.4) is 0 Å². The summed E-state index contributed by atoms with van der Waals surface area (Å²) in [6, 6.07) is 3.55. The zero-order chi connectivity index (χ0) is 15.5. The van der Waals surface area contributed by atoms with E-state index in [0.29, 0.717) is 25.4 Å². The van der Waals surface area contributed by atoms with Crippen molar-refractivity contribution in [3.05, 3.63) is 17.9 Å². The van der Waals surface area contributed by atoms with Gasteiger partial charge in [-0.1, -0.05) is 6.92 Å². The van der Waals surface area contributed by atoms with Crippen LogP contribution in [-0.2, 0) is 16.6 Å². The lowest BCUT2D eigenvalue weighted by Gasteiger charge is -2.34. The number of piperidine rings is 1. The van der Waals surface area contributed by atoms with Gasteiger partial charge in [0.1, 0.15) is 5.76 Å². The van der Waals surface area contributed by atoms with Gasteiger partial charge in [-0.25, -0.2) is 8.42 Å². The van der Waals surface area contributed by atoms with Crippen LogP contribution in [-0.4, -0.2) is 57.4 Å². The number of likely N-dealkylation sites (N-methyl/N-ethyl adjacent to an activating group) is 1. The number of nitrogens with zero attached hydrogens (tertiary/aromatic N) is 2. The SMILES string of the molecule is CCNCc1ccc(S(=O)(=O)N2CCCC(N(C)C)C2)o1. The highest BCUT2D eigenvalue weighted by Crippen LogP contribution is 2.23. The maximum Gasteiger partial charge on any atom is 0.276 e. The molecule has 7 heteroatoms. The Labute approximate surface area is 127 Å². The minimum atomic E-state index is -3.52. The average molecular weight is 315 g/mol. The van der Waals surface area contributed by atoms with Gasteiger partial charge in [0.15, 0.2) is 0 Å². The quantitative estimate of drug-likeness (QED) is 0.852. The average Bonchev–Trinajstić information content (AvgIpc) is 2.94. The van der Waals surface area contributed by atoms with Crippen molar-refractivity contribution in [2.75, 3.05) is 33.7 Å². The molecule has 0 spiro atoms. The first-order chi connectivity index (χ1) is 9.95. The van der Waals surface area contributed by atoms with E-state index in [1.165, 1.54) is 4.31 Å². The Morgan fingerprint density at radius 2 is 2.19 bits per heavy atom. The summed E-state index contributed by atoms with van der Waals surface area (Å²) >= 11 is 0. The zero-order valence-electron chi connectivity index (χ0n) is 13.0. The van der Waals surface area contributed by atoms with E-state index in [9.17, 15) is 8.42 Å². The largest absolute Gasteiger partial charge is 0.447 e. The second kappa shape index (κ2) is 6.91. The van der Waals surface area contributed by atoms with E-state index in [1.807, 2.05) is 21.0 Å². The minimum absolute atomic E-state index is 0.0507. The number of hydrogen-bond acceptors (Lipinski definition) is 5. The normalized spacial score (nSPS) is 21.0. The van der Waals surface area contributed by atoms with Crippen molar-refractivity contribution in [3.63, 3.8) is 0 Å². The number of nitrogens with one attached hydrogen (secondary N) is 1. The van der Waals surface area contributed by atoms with Crippen LogP contribution in [0, 0.1) is 0 Å². The van der Waals surface area contributed by atoms with Gasteiger partial charge in [-0.05, 0) is 45.6 Å². The highest BCUT2D eigenvalue weighted by atomic mass is 32.2. The number of furan rings is 1. The molecule has 0 amide bonds. The summed E-state index contributed by atoms with van der Waals surface area (Å²) in [5.74, 6) is 0.650. The molecule has 120 valence electrons. The molecular formula is C14H25N3O3S. The fourth-order valence-electron chi connectivity index (χ4n) is 2.53. The summed E-state index contributed by atoms with van der Waals surface area (Å²) in [6.45, 7) is 4.45. The van der Waals surface area contributed by atoms with E-state index in [-0.39, 0.29) is 11.1 Å². The number of hydrogen-bond donors (Lipinski definition) is 1. The van der Waals surface area contributed by atoms with Gasteiger partial charge in [0.05, 0.1) is 6.54 Å². The van der Waals surface area contributed by atoms with Crippen molar-refractivity contribution in [1.82, 2.24) is 14.5 Å². The molecule has 0 bridgehead atoms. The van der Waals surface area contributed by atoms with E-state index in [0.717, 1.165) is 19.4 Å². The molecule has 0 aromatic carbocycles. The van der Waals surface area contributed by atoms with Crippen LogP contribution in [0.1, 0.15) is 25.5 Å². The van der Waals surface area contributed by atoms with Crippen LogP contribution >= 0.6 is 0 Å². The molecule has 1 fully saturated rings. The molecule has 2 heterocycles. The van der Waals surface area contributed by atoms with Crippen molar-refractivity contribution < 1.29 is 12.8 Å². The van der Waals surface area contributed by atoms with Crippen LogP contribution in [0.25, 0.3) is 0 Å². The molecule has 1 atom stereocenters. The van der Waals surface area contributed by atoms with Crippen LogP contribution in [0.4, 0.5) is 0 Å². The summed E-state index contributed by atoms with van der Waals surface area (Å²) < 4.78 is 32.3. The van der Waals surface area contributed by atoms with E-state index < -0.39 is 10.0 Å². The van der Waals surface area contributed by atoms with Crippen molar-refractivity contribution in [1.29, 1.82) is 0 Å². The van der Waals surface area contributed by atoms with E-state index in [4.69, 9.17) is 4.42 Å². The Kier molecular flexibility index (Phi) is 5.43. The van der Waals surface area contributed by atoms with Gasteiger partial charge in [0.2, 0.25) is 5.09 Å². The lowest BCUT2D eigenvalue weighted by atomic mass is 10.1. The van der Waals surface area contributed by atoms with Gasteiger partial charge in [0, 0.05) is 19.1 Å². The molecule has 1 N–H and O–H groups in total. The van der Waals surface area contributed by atoms with Gasteiger partial charge in [-0.2, -0.15) is 4.31 Å². The van der Waals surface area contributed by atoms with E-state index >= 15 is 0 Å². The second-order valence-corrected chi connectivity index (χ2v) is 7.49. The van der Waals surface area contributed by atoms with Crippen molar-refractivity contribution in [2.45, 2.75) is 37.4 Å². The van der Waals surface area contributed by atoms with E-state index in [1.54, 1.807) is 12.1 Å². The number of rotatable bonds is 6. The molecule has 2 rings (SSSR count). The molecule has 21 heavy (non-hydrogen) atoms. The lowest BCUT2D eigenvalue weighted by molar-refractivity contribution is 0.188. The van der Waals surface area contributed by atoms with Crippen molar-refractivity contribution in [2.24, 2.45) is 0 Å². The Morgan fingerprint density at radius 3 is 2.86 bits per heavy atom. The van der Waals surface area contributed by atoms with Crippen LogP contribution < -0.4 is 5.32 Å². The van der Waals surface area contributed by atoms with Crippen LogP contribution in [0.2, 0.25) is 0 Å². The predicted molar refractivity (Wildman–Crippen MR) is 81.6 cm³/mol. The van der Waals surface area contributed by atoms with Crippen LogP contribution in [0.5, 0.6) is 0 Å². The summed E-state index contributed by atoms with van der Waals surface area (Å²) in [5, 5.41) is 3.17.